The molecule has 2 heteroatoms. The van der Waals surface area contributed by atoms with Crippen LogP contribution in [0.25, 0.3) is 0 Å². The fraction of sp³-hybridized carbons (Fsp3) is 0.562. The van der Waals surface area contributed by atoms with Gasteiger partial charge in [-0.25, -0.2) is 0 Å². The van der Waals surface area contributed by atoms with Gasteiger partial charge in [0.15, 0.2) is 0 Å². The second-order valence-electron chi connectivity index (χ2n) is 5.27. The molecule has 0 N–H and O–H groups in total. The summed E-state index contributed by atoms with van der Waals surface area (Å²) in [7, 11) is 0. The summed E-state index contributed by atoms with van der Waals surface area (Å²) >= 11 is 0. The lowest BCUT2D eigenvalue weighted by Gasteiger charge is -2.56. The highest BCUT2D eigenvalue weighted by atomic mass is 16.2. The van der Waals surface area contributed by atoms with Crippen LogP contribution in [0.3, 0.4) is 0 Å². The topological polar surface area (TPSA) is 20.3 Å². The van der Waals surface area contributed by atoms with Crippen LogP contribution in [0.4, 0.5) is 0 Å². The van der Waals surface area contributed by atoms with Gasteiger partial charge in [0.05, 0.1) is 6.42 Å². The lowest BCUT2D eigenvalue weighted by Crippen LogP contribution is -2.61. The Hall–Kier alpha value is -1.31. The van der Waals surface area contributed by atoms with Gasteiger partial charge in [-0.15, -0.1) is 0 Å². The van der Waals surface area contributed by atoms with Crippen LogP contribution in [0, 0.1) is 5.41 Å². The van der Waals surface area contributed by atoms with Crippen molar-refractivity contribution in [2.45, 2.75) is 39.5 Å². The van der Waals surface area contributed by atoms with Crippen LogP contribution in [0.2, 0.25) is 0 Å². The molecule has 0 bridgehead atoms. The van der Waals surface area contributed by atoms with E-state index in [1.54, 1.807) is 0 Å². The average Bonchev–Trinajstić information content (AvgIpc) is 2.29. The summed E-state index contributed by atoms with van der Waals surface area (Å²) in [5.74, 6) is 0.295. The Balaban J connectivity index is 0.000000574. The maximum atomic E-state index is 11.9. The molecule has 0 atom stereocenters. The van der Waals surface area contributed by atoms with Gasteiger partial charge < -0.3 is 4.90 Å². The van der Waals surface area contributed by atoms with Crippen LogP contribution in [0.15, 0.2) is 30.3 Å². The maximum absolute atomic E-state index is 11.9. The van der Waals surface area contributed by atoms with Crippen molar-refractivity contribution in [3.63, 3.8) is 0 Å². The normalized spacial score (nSPS) is 19.3. The average molecular weight is 245 g/mol. The van der Waals surface area contributed by atoms with Gasteiger partial charge in [-0.2, -0.15) is 0 Å². The smallest absolute Gasteiger partial charge is 0.227 e. The minimum atomic E-state index is 0.295. The molecule has 98 valence electrons. The maximum Gasteiger partial charge on any atom is 0.227 e. The highest BCUT2D eigenvalue weighted by Gasteiger charge is 2.48. The second-order valence-corrected chi connectivity index (χ2v) is 5.27. The molecule has 2 aliphatic rings. The molecule has 18 heavy (non-hydrogen) atoms. The summed E-state index contributed by atoms with van der Waals surface area (Å²) < 4.78 is 0. The number of nitrogens with zero attached hydrogens (tertiary/aromatic N) is 1. The zero-order chi connectivity index (χ0) is 13.0. The van der Waals surface area contributed by atoms with Crippen LogP contribution < -0.4 is 0 Å². The molecule has 3 rings (SSSR count). The van der Waals surface area contributed by atoms with E-state index in [1.807, 2.05) is 49.1 Å². The van der Waals surface area contributed by atoms with Crippen molar-refractivity contribution in [3.8, 4) is 0 Å². The molecule has 2 fully saturated rings. The van der Waals surface area contributed by atoms with E-state index in [1.165, 1.54) is 19.3 Å². The summed E-state index contributed by atoms with van der Waals surface area (Å²) in [6.45, 7) is 6.03. The van der Waals surface area contributed by atoms with Gasteiger partial charge in [0.1, 0.15) is 0 Å². The minimum Gasteiger partial charge on any atom is -0.341 e. The number of likely N-dealkylation sites (tertiary alicyclic amines) is 1. The SMILES string of the molecule is CC.O=C(Cc1ccccc1)N1CC2(CCC2)C1. The largest absolute Gasteiger partial charge is 0.341 e. The van der Waals surface area contributed by atoms with Crippen molar-refractivity contribution in [2.75, 3.05) is 13.1 Å². The molecule has 1 heterocycles. The molecule has 1 amide bonds. The Kier molecular flexibility index (Phi) is 4.05. The van der Waals surface area contributed by atoms with Gasteiger partial charge in [-0.1, -0.05) is 50.6 Å². The summed E-state index contributed by atoms with van der Waals surface area (Å²) in [4.78, 5) is 14.0. The van der Waals surface area contributed by atoms with Crippen molar-refractivity contribution in [3.05, 3.63) is 35.9 Å². The molecular formula is C16H23NO. The zero-order valence-corrected chi connectivity index (χ0v) is 11.5. The van der Waals surface area contributed by atoms with Gasteiger partial charge in [0.25, 0.3) is 0 Å². The molecule has 1 aromatic rings. The number of carbonyl (C=O) groups excluding carboxylic acids is 1. The van der Waals surface area contributed by atoms with Crippen molar-refractivity contribution in [1.29, 1.82) is 0 Å². The standard InChI is InChI=1S/C14H17NO.C2H6/c16-13(9-12-5-2-1-3-6-12)15-10-14(11-15)7-4-8-14;1-2/h1-3,5-6H,4,7-11H2;1-2H3. The summed E-state index contributed by atoms with van der Waals surface area (Å²) in [5, 5.41) is 0. The number of amides is 1. The first kappa shape index (κ1) is 13.1. The number of carbonyl (C=O) groups is 1. The molecule has 2 nitrogen and oxygen atoms in total. The van der Waals surface area contributed by atoms with Gasteiger partial charge in [-0.3, -0.25) is 4.79 Å². The molecule has 1 aromatic carbocycles. The highest BCUT2D eigenvalue weighted by molar-refractivity contribution is 5.79. The molecule has 0 unspecified atom stereocenters. The quantitative estimate of drug-likeness (QED) is 0.783. The highest BCUT2D eigenvalue weighted by Crippen LogP contribution is 2.48. The lowest BCUT2D eigenvalue weighted by molar-refractivity contribution is -0.148. The van der Waals surface area contributed by atoms with Crippen LogP contribution in [-0.2, 0) is 11.2 Å². The fourth-order valence-corrected chi connectivity index (χ4v) is 2.82. The van der Waals surface area contributed by atoms with E-state index in [2.05, 4.69) is 0 Å². The summed E-state index contributed by atoms with van der Waals surface area (Å²) in [6.07, 6.45) is 4.60. The van der Waals surface area contributed by atoms with E-state index in [0.717, 1.165) is 18.7 Å². The van der Waals surface area contributed by atoms with Crippen LogP contribution in [0.1, 0.15) is 38.7 Å². The third kappa shape index (κ3) is 2.58. The predicted molar refractivity (Wildman–Crippen MR) is 74.4 cm³/mol. The Morgan fingerprint density at radius 1 is 1.17 bits per heavy atom. The second kappa shape index (κ2) is 5.55. The van der Waals surface area contributed by atoms with E-state index in [9.17, 15) is 4.79 Å². The van der Waals surface area contributed by atoms with Crippen molar-refractivity contribution < 1.29 is 4.79 Å². The number of hydrogen-bond acceptors (Lipinski definition) is 1. The Morgan fingerprint density at radius 3 is 2.28 bits per heavy atom. The predicted octanol–water partition coefficient (Wildman–Crippen LogP) is 3.27. The minimum absolute atomic E-state index is 0.295. The van der Waals surface area contributed by atoms with Gasteiger partial charge >= 0.3 is 0 Å². The molecule has 0 aromatic heterocycles. The van der Waals surface area contributed by atoms with Crippen LogP contribution in [-0.4, -0.2) is 23.9 Å². The number of hydrogen-bond donors (Lipinski definition) is 0. The Morgan fingerprint density at radius 2 is 1.78 bits per heavy atom. The molecule has 1 saturated heterocycles. The Bertz CT molecular complexity index is 387. The van der Waals surface area contributed by atoms with E-state index in [4.69, 9.17) is 0 Å². The third-order valence-electron chi connectivity index (χ3n) is 4.02. The first-order valence-electron chi connectivity index (χ1n) is 7.09. The van der Waals surface area contributed by atoms with E-state index in [0.29, 0.717) is 17.7 Å². The molecule has 1 aliphatic heterocycles. The van der Waals surface area contributed by atoms with Crippen LogP contribution in [0.5, 0.6) is 0 Å². The first-order valence-corrected chi connectivity index (χ1v) is 7.09. The summed E-state index contributed by atoms with van der Waals surface area (Å²) in [6, 6.07) is 10.0. The van der Waals surface area contributed by atoms with Crippen molar-refractivity contribution >= 4 is 5.91 Å². The third-order valence-corrected chi connectivity index (χ3v) is 4.02. The van der Waals surface area contributed by atoms with Gasteiger partial charge in [0, 0.05) is 18.5 Å². The zero-order valence-electron chi connectivity index (χ0n) is 11.5. The Labute approximate surface area is 110 Å². The van der Waals surface area contributed by atoms with E-state index in [-0.39, 0.29) is 0 Å². The molecule has 1 aliphatic carbocycles. The molecule has 0 radical (unpaired) electrons. The molecule has 1 spiro atoms. The number of benzene rings is 1. The number of rotatable bonds is 2. The van der Waals surface area contributed by atoms with Gasteiger partial charge in [-0.05, 0) is 18.4 Å². The first-order chi connectivity index (χ1) is 8.77. The van der Waals surface area contributed by atoms with E-state index < -0.39 is 0 Å². The van der Waals surface area contributed by atoms with E-state index >= 15 is 0 Å². The fourth-order valence-electron chi connectivity index (χ4n) is 2.82. The van der Waals surface area contributed by atoms with Gasteiger partial charge in [0.2, 0.25) is 5.91 Å². The van der Waals surface area contributed by atoms with Crippen molar-refractivity contribution in [2.24, 2.45) is 5.41 Å². The summed E-state index contributed by atoms with van der Waals surface area (Å²) in [5.41, 5.74) is 1.67. The van der Waals surface area contributed by atoms with Crippen molar-refractivity contribution in [1.82, 2.24) is 4.90 Å². The molecule has 1 saturated carbocycles. The van der Waals surface area contributed by atoms with Crippen LogP contribution >= 0.6 is 0 Å². The monoisotopic (exact) mass is 245 g/mol. The molecular weight excluding hydrogens is 222 g/mol. The lowest BCUT2D eigenvalue weighted by atomic mass is 9.63.